The highest BCUT2D eigenvalue weighted by Gasteiger charge is 2.29. The Morgan fingerprint density at radius 2 is 1.09 bits per heavy atom. The van der Waals surface area contributed by atoms with Gasteiger partial charge >= 0.3 is 11.9 Å². The van der Waals surface area contributed by atoms with Crippen LogP contribution in [0.4, 0.5) is 0 Å². The van der Waals surface area contributed by atoms with Gasteiger partial charge in [-0.3, -0.25) is 9.59 Å². The van der Waals surface area contributed by atoms with Crippen molar-refractivity contribution < 1.29 is 19.8 Å². The largest absolute Gasteiger partial charge is 0.481 e. The van der Waals surface area contributed by atoms with Crippen LogP contribution < -0.4 is 0 Å². The van der Waals surface area contributed by atoms with Crippen molar-refractivity contribution in [1.82, 2.24) is 0 Å². The smallest absolute Gasteiger partial charge is 0.309 e. The second kappa shape index (κ2) is 12.7. The molecule has 2 rings (SSSR count). The van der Waals surface area contributed by atoms with Gasteiger partial charge in [-0.1, -0.05) is 37.8 Å². The lowest BCUT2D eigenvalue weighted by atomic mass is 9.87. The van der Waals surface area contributed by atoms with Gasteiger partial charge in [-0.2, -0.15) is 23.5 Å². The van der Waals surface area contributed by atoms with Crippen molar-refractivity contribution in [3.05, 3.63) is 12.2 Å². The van der Waals surface area contributed by atoms with Gasteiger partial charge < -0.3 is 10.2 Å². The molecule has 0 amide bonds. The molecule has 0 aliphatic carbocycles. The average Bonchev–Trinajstić information content (AvgIpc) is 3.36. The summed E-state index contributed by atoms with van der Waals surface area (Å²) < 4.78 is 0. The third-order valence-corrected chi connectivity index (χ3v) is 10.3. The molecule has 0 radical (unpaired) electrons. The van der Waals surface area contributed by atoms with Gasteiger partial charge in [-0.15, -0.1) is 0 Å². The fourth-order valence-corrected chi connectivity index (χ4v) is 7.56. The Hall–Kier alpha value is -0.620. The summed E-state index contributed by atoms with van der Waals surface area (Å²) in [6.45, 7) is 7.30. The van der Waals surface area contributed by atoms with Crippen molar-refractivity contribution in [2.24, 2.45) is 10.8 Å². The molecule has 2 saturated heterocycles. The highest BCUT2D eigenvalue weighted by atomic mass is 32.2. The van der Waals surface area contributed by atoms with Crippen molar-refractivity contribution in [3.8, 4) is 0 Å². The number of thioether (sulfide) groups is 2. The SMILES string of the molecule is CC(C)(CCCCC1CCC(/C=C/C2CCC(CCCCC(C)(C)C(=O)O)S2)S1)C(=O)O. The van der Waals surface area contributed by atoms with E-state index in [0.29, 0.717) is 10.5 Å². The molecule has 4 unspecified atom stereocenters. The number of aliphatic carboxylic acids is 2. The molecule has 0 aromatic carbocycles. The summed E-state index contributed by atoms with van der Waals surface area (Å²) in [4.78, 5) is 22.4. The van der Waals surface area contributed by atoms with E-state index < -0.39 is 22.8 Å². The number of hydrogen-bond donors (Lipinski definition) is 2. The van der Waals surface area contributed by atoms with Gasteiger partial charge in [-0.25, -0.2) is 0 Å². The van der Waals surface area contributed by atoms with Gasteiger partial charge in [0.05, 0.1) is 10.8 Å². The van der Waals surface area contributed by atoms with Gasteiger partial charge in [0.1, 0.15) is 0 Å². The molecule has 4 nitrogen and oxygen atoms in total. The van der Waals surface area contributed by atoms with E-state index in [2.05, 4.69) is 35.7 Å². The second-order valence-electron chi connectivity index (χ2n) is 11.0. The molecule has 2 N–H and O–H groups in total. The molecule has 0 saturated carbocycles. The zero-order valence-corrected chi connectivity index (χ0v) is 22.1. The maximum absolute atomic E-state index is 11.2. The van der Waals surface area contributed by atoms with Gasteiger partial charge in [0.25, 0.3) is 0 Å². The molecule has 2 aliphatic rings. The van der Waals surface area contributed by atoms with Crippen molar-refractivity contribution in [2.75, 3.05) is 0 Å². The van der Waals surface area contributed by atoms with Crippen molar-refractivity contribution in [1.29, 1.82) is 0 Å². The fourth-order valence-electron chi connectivity index (χ4n) is 4.51. The maximum Gasteiger partial charge on any atom is 0.309 e. The first-order chi connectivity index (χ1) is 15.0. The predicted molar refractivity (Wildman–Crippen MR) is 138 cm³/mol. The van der Waals surface area contributed by atoms with Crippen LogP contribution in [0.3, 0.4) is 0 Å². The van der Waals surface area contributed by atoms with E-state index in [1.54, 1.807) is 0 Å². The number of carbonyl (C=O) groups is 2. The first-order valence-corrected chi connectivity index (χ1v) is 14.3. The monoisotopic (exact) mass is 484 g/mol. The van der Waals surface area contributed by atoms with Crippen molar-refractivity contribution in [2.45, 2.75) is 126 Å². The van der Waals surface area contributed by atoms with Gasteiger partial charge in [0.15, 0.2) is 0 Å². The van der Waals surface area contributed by atoms with Crippen LogP contribution in [0, 0.1) is 10.8 Å². The molecule has 0 aromatic rings. The van der Waals surface area contributed by atoms with E-state index in [1.807, 2.05) is 27.7 Å². The van der Waals surface area contributed by atoms with Crippen LogP contribution in [0.5, 0.6) is 0 Å². The summed E-state index contributed by atoms with van der Waals surface area (Å²) in [6.07, 6.45) is 18.2. The average molecular weight is 485 g/mol. The Kier molecular flexibility index (Phi) is 11.0. The zero-order valence-electron chi connectivity index (χ0n) is 20.5. The van der Waals surface area contributed by atoms with E-state index in [1.165, 1.54) is 38.5 Å². The summed E-state index contributed by atoms with van der Waals surface area (Å²) in [5.74, 6) is -1.38. The molecule has 4 atom stereocenters. The molecular formula is C26H44O4S2. The summed E-state index contributed by atoms with van der Waals surface area (Å²) in [5.41, 5.74) is -1.19. The zero-order chi connectivity index (χ0) is 23.8. The van der Waals surface area contributed by atoms with Crippen LogP contribution in [0.15, 0.2) is 12.2 Å². The fraction of sp³-hybridized carbons (Fsp3) is 0.846. The molecule has 184 valence electrons. The Balaban J connectivity index is 1.57. The van der Waals surface area contributed by atoms with E-state index in [4.69, 9.17) is 0 Å². The second-order valence-corrected chi connectivity index (χ2v) is 14.1. The van der Waals surface area contributed by atoms with Gasteiger partial charge in [0, 0.05) is 21.0 Å². The Labute approximate surface area is 203 Å². The molecule has 6 heteroatoms. The van der Waals surface area contributed by atoms with Crippen LogP contribution in [0.2, 0.25) is 0 Å². The Morgan fingerprint density at radius 3 is 1.44 bits per heavy atom. The third-order valence-electron chi connectivity index (χ3n) is 7.13. The van der Waals surface area contributed by atoms with Crippen LogP contribution in [0.25, 0.3) is 0 Å². The molecule has 2 heterocycles. The lowest BCUT2D eigenvalue weighted by Crippen LogP contribution is -2.23. The Bertz CT molecular complexity index is 590. The number of unbranched alkanes of at least 4 members (excludes halogenated alkanes) is 2. The summed E-state index contributed by atoms with van der Waals surface area (Å²) in [6, 6.07) is 0. The lowest BCUT2D eigenvalue weighted by molar-refractivity contribution is -0.148. The van der Waals surface area contributed by atoms with E-state index in [9.17, 15) is 19.8 Å². The quantitative estimate of drug-likeness (QED) is 0.197. The van der Waals surface area contributed by atoms with Gasteiger partial charge in [-0.05, 0) is 79.1 Å². The maximum atomic E-state index is 11.2. The van der Waals surface area contributed by atoms with Gasteiger partial charge in [0.2, 0.25) is 0 Å². The number of carboxylic acids is 2. The van der Waals surface area contributed by atoms with Crippen LogP contribution in [-0.4, -0.2) is 43.2 Å². The number of hydrogen-bond acceptors (Lipinski definition) is 4. The lowest BCUT2D eigenvalue weighted by Gasteiger charge is -2.19. The molecule has 0 spiro atoms. The molecule has 2 aliphatic heterocycles. The first kappa shape index (κ1) is 27.6. The highest BCUT2D eigenvalue weighted by molar-refractivity contribution is 8.01. The molecule has 0 bridgehead atoms. The minimum absolute atomic E-state index is 0.597. The first-order valence-electron chi connectivity index (χ1n) is 12.5. The molecule has 32 heavy (non-hydrogen) atoms. The van der Waals surface area contributed by atoms with E-state index >= 15 is 0 Å². The number of rotatable bonds is 14. The standard InChI is InChI=1S/C26H44O4S2/c1-25(2,23(27)28)17-7-5-9-19-11-13-21(31-19)15-16-22-14-12-20(32-22)10-6-8-18-26(3,4)24(29)30/h15-16,19-22H,5-14,17-18H2,1-4H3,(H,27,28)(H,29,30)/b16-15+. The number of carboxylic acid groups (broad SMARTS) is 2. The normalized spacial score (nSPS) is 26.8. The van der Waals surface area contributed by atoms with Crippen molar-refractivity contribution in [3.63, 3.8) is 0 Å². The molecule has 0 aromatic heterocycles. The minimum atomic E-state index is -0.688. The molecular weight excluding hydrogens is 440 g/mol. The Morgan fingerprint density at radius 1 is 0.719 bits per heavy atom. The van der Waals surface area contributed by atoms with Crippen LogP contribution >= 0.6 is 23.5 Å². The third kappa shape index (κ3) is 9.32. The van der Waals surface area contributed by atoms with Crippen molar-refractivity contribution >= 4 is 35.5 Å². The highest BCUT2D eigenvalue weighted by Crippen LogP contribution is 2.41. The van der Waals surface area contributed by atoms with Crippen LogP contribution in [-0.2, 0) is 9.59 Å². The minimum Gasteiger partial charge on any atom is -0.481 e. The summed E-state index contributed by atoms with van der Waals surface area (Å²) >= 11 is 4.24. The predicted octanol–water partition coefficient (Wildman–Crippen LogP) is 7.41. The van der Waals surface area contributed by atoms with E-state index in [-0.39, 0.29) is 0 Å². The topological polar surface area (TPSA) is 74.6 Å². The van der Waals surface area contributed by atoms with E-state index in [0.717, 1.165) is 49.0 Å². The summed E-state index contributed by atoms with van der Waals surface area (Å²) in [5, 5.41) is 21.2. The van der Waals surface area contributed by atoms with Crippen LogP contribution in [0.1, 0.15) is 105 Å². The summed E-state index contributed by atoms with van der Waals surface area (Å²) in [7, 11) is 0. The molecule has 2 fully saturated rings.